The summed E-state index contributed by atoms with van der Waals surface area (Å²) >= 11 is 3.48. The number of nitrogens with zero attached hydrogens (tertiary/aromatic N) is 1. The van der Waals surface area contributed by atoms with Crippen LogP contribution in [0.2, 0.25) is 0 Å². The van der Waals surface area contributed by atoms with Crippen molar-refractivity contribution >= 4 is 32.5 Å². The average Bonchev–Trinajstić information content (AvgIpc) is 2.84. The lowest BCUT2D eigenvalue weighted by Gasteiger charge is -1.92. The highest BCUT2D eigenvalue weighted by atomic mass is 79.9. The molecule has 4 nitrogen and oxygen atoms in total. The van der Waals surface area contributed by atoms with Crippen LogP contribution in [0.1, 0.15) is 0 Å². The molecule has 0 bridgehead atoms. The number of anilines is 1. The van der Waals surface area contributed by atoms with Crippen LogP contribution in [0, 0.1) is 0 Å². The Bertz CT molecular complexity index is 656. The minimum atomic E-state index is 0.530. The fraction of sp³-hybridized carbons (Fsp3) is 0. The molecule has 80 valence electrons. The molecule has 0 atom stereocenters. The number of benzene rings is 1. The predicted molar refractivity (Wildman–Crippen MR) is 65.9 cm³/mol. The van der Waals surface area contributed by atoms with Gasteiger partial charge in [-0.1, -0.05) is 17.3 Å². The number of para-hydroxylation sites is 1. The third-order valence-electron chi connectivity index (χ3n) is 2.45. The number of H-pyrrole nitrogens is 1. The van der Waals surface area contributed by atoms with Crippen LogP contribution in [0.4, 0.5) is 5.69 Å². The van der Waals surface area contributed by atoms with E-state index in [0.29, 0.717) is 11.4 Å². The Labute approximate surface area is 99.6 Å². The monoisotopic (exact) mass is 277 g/mol. The number of aromatic amines is 1. The van der Waals surface area contributed by atoms with Crippen molar-refractivity contribution in [2.45, 2.75) is 0 Å². The number of nitrogens with one attached hydrogen (secondary N) is 1. The summed E-state index contributed by atoms with van der Waals surface area (Å²) in [6, 6.07) is 7.96. The highest BCUT2D eigenvalue weighted by molar-refractivity contribution is 9.10. The Morgan fingerprint density at radius 1 is 1.38 bits per heavy atom. The highest BCUT2D eigenvalue weighted by Crippen LogP contribution is 2.31. The average molecular weight is 278 g/mol. The van der Waals surface area contributed by atoms with E-state index < -0.39 is 0 Å². The molecular formula is C11H8BrN3O. The fourth-order valence-corrected chi connectivity index (χ4v) is 2.17. The Morgan fingerprint density at radius 3 is 2.94 bits per heavy atom. The first-order valence-electron chi connectivity index (χ1n) is 4.73. The van der Waals surface area contributed by atoms with Gasteiger partial charge in [-0.05, 0) is 28.1 Å². The summed E-state index contributed by atoms with van der Waals surface area (Å²) in [6.07, 6.45) is 1.50. The molecule has 0 spiro atoms. The topological polar surface area (TPSA) is 67.8 Å². The van der Waals surface area contributed by atoms with Crippen LogP contribution in [0.5, 0.6) is 0 Å². The zero-order valence-electron chi connectivity index (χ0n) is 8.20. The maximum absolute atomic E-state index is 5.74. The lowest BCUT2D eigenvalue weighted by Crippen LogP contribution is -1.84. The van der Waals surface area contributed by atoms with Gasteiger partial charge in [0.1, 0.15) is 5.69 Å². The third kappa shape index (κ3) is 1.32. The van der Waals surface area contributed by atoms with Crippen LogP contribution in [0.25, 0.3) is 22.4 Å². The van der Waals surface area contributed by atoms with Crippen LogP contribution >= 0.6 is 15.9 Å². The first kappa shape index (κ1) is 9.47. The summed E-state index contributed by atoms with van der Waals surface area (Å²) in [4.78, 5) is 3.25. The SMILES string of the molecule is Nc1cnoc1-c1cc2cccc(Br)c2[nH]1. The fourth-order valence-electron chi connectivity index (χ4n) is 1.69. The normalized spacial score (nSPS) is 11.1. The van der Waals surface area contributed by atoms with Gasteiger partial charge in [-0.15, -0.1) is 0 Å². The summed E-state index contributed by atoms with van der Waals surface area (Å²) < 4.78 is 6.11. The number of nitrogen functional groups attached to an aromatic ring is 1. The molecule has 16 heavy (non-hydrogen) atoms. The van der Waals surface area contributed by atoms with Gasteiger partial charge >= 0.3 is 0 Å². The van der Waals surface area contributed by atoms with Crippen molar-refractivity contribution < 1.29 is 4.52 Å². The van der Waals surface area contributed by atoms with Crippen LogP contribution < -0.4 is 5.73 Å². The van der Waals surface area contributed by atoms with Gasteiger partial charge in [0.05, 0.1) is 17.4 Å². The maximum atomic E-state index is 5.74. The van der Waals surface area contributed by atoms with Gasteiger partial charge in [0.2, 0.25) is 5.76 Å². The molecule has 0 radical (unpaired) electrons. The molecule has 0 aliphatic heterocycles. The molecule has 5 heteroatoms. The first-order chi connectivity index (χ1) is 7.75. The minimum Gasteiger partial charge on any atom is -0.394 e. The number of nitrogens with two attached hydrogens (primary N) is 1. The maximum Gasteiger partial charge on any atom is 0.205 e. The van der Waals surface area contributed by atoms with Crippen molar-refractivity contribution in [2.24, 2.45) is 0 Å². The second-order valence-electron chi connectivity index (χ2n) is 3.50. The molecule has 0 unspecified atom stereocenters. The molecule has 0 aliphatic carbocycles. The number of hydrogen-bond acceptors (Lipinski definition) is 3. The Morgan fingerprint density at radius 2 is 2.25 bits per heavy atom. The van der Waals surface area contributed by atoms with E-state index in [9.17, 15) is 0 Å². The Kier molecular flexibility index (Phi) is 2.00. The van der Waals surface area contributed by atoms with Gasteiger partial charge in [-0.3, -0.25) is 0 Å². The van der Waals surface area contributed by atoms with E-state index >= 15 is 0 Å². The van der Waals surface area contributed by atoms with Crippen LogP contribution in [0.3, 0.4) is 0 Å². The number of rotatable bonds is 1. The molecule has 2 heterocycles. The number of hydrogen-bond donors (Lipinski definition) is 2. The van der Waals surface area contributed by atoms with Crippen LogP contribution in [-0.2, 0) is 0 Å². The lowest BCUT2D eigenvalue weighted by atomic mass is 10.2. The van der Waals surface area contributed by atoms with E-state index in [1.54, 1.807) is 0 Å². The van der Waals surface area contributed by atoms with Crippen molar-refractivity contribution in [2.75, 3.05) is 5.73 Å². The van der Waals surface area contributed by atoms with Crippen LogP contribution in [0.15, 0.2) is 39.5 Å². The molecule has 0 saturated heterocycles. The van der Waals surface area contributed by atoms with E-state index in [4.69, 9.17) is 10.3 Å². The van der Waals surface area contributed by atoms with E-state index in [-0.39, 0.29) is 0 Å². The smallest absolute Gasteiger partial charge is 0.205 e. The quantitative estimate of drug-likeness (QED) is 0.718. The van der Waals surface area contributed by atoms with Gasteiger partial charge in [0.15, 0.2) is 0 Å². The van der Waals surface area contributed by atoms with Gasteiger partial charge < -0.3 is 15.2 Å². The van der Waals surface area contributed by atoms with Gasteiger partial charge in [0, 0.05) is 9.86 Å². The van der Waals surface area contributed by atoms with E-state index in [1.807, 2.05) is 24.3 Å². The van der Waals surface area contributed by atoms with Crippen LogP contribution in [-0.4, -0.2) is 10.1 Å². The number of fused-ring (bicyclic) bond motifs is 1. The van der Waals surface area contributed by atoms with Gasteiger partial charge in [0.25, 0.3) is 0 Å². The zero-order chi connectivity index (χ0) is 11.1. The summed E-state index contributed by atoms with van der Waals surface area (Å²) in [6.45, 7) is 0. The molecule has 0 amide bonds. The zero-order valence-corrected chi connectivity index (χ0v) is 9.78. The third-order valence-corrected chi connectivity index (χ3v) is 3.11. The first-order valence-corrected chi connectivity index (χ1v) is 5.53. The molecule has 2 aromatic heterocycles. The second-order valence-corrected chi connectivity index (χ2v) is 4.35. The predicted octanol–water partition coefficient (Wildman–Crippen LogP) is 3.17. The second kappa shape index (κ2) is 3.38. The number of aromatic nitrogens is 2. The van der Waals surface area contributed by atoms with E-state index in [0.717, 1.165) is 21.1 Å². The largest absolute Gasteiger partial charge is 0.394 e. The van der Waals surface area contributed by atoms with Gasteiger partial charge in [-0.2, -0.15) is 0 Å². The number of halogens is 1. The van der Waals surface area contributed by atoms with E-state index in [1.165, 1.54) is 6.20 Å². The van der Waals surface area contributed by atoms with Crippen molar-refractivity contribution in [3.63, 3.8) is 0 Å². The summed E-state index contributed by atoms with van der Waals surface area (Å²) in [5.41, 5.74) is 8.13. The van der Waals surface area contributed by atoms with E-state index in [2.05, 4.69) is 26.1 Å². The lowest BCUT2D eigenvalue weighted by molar-refractivity contribution is 0.431. The molecule has 3 aromatic rings. The molecule has 1 aromatic carbocycles. The van der Waals surface area contributed by atoms with Crippen molar-refractivity contribution in [3.8, 4) is 11.5 Å². The molecule has 0 aliphatic rings. The summed E-state index contributed by atoms with van der Waals surface area (Å²) in [5, 5.41) is 4.76. The minimum absolute atomic E-state index is 0.530. The molecule has 3 N–H and O–H groups in total. The van der Waals surface area contributed by atoms with Gasteiger partial charge in [-0.25, -0.2) is 0 Å². The molecular weight excluding hydrogens is 270 g/mol. The standard InChI is InChI=1S/C11H8BrN3O/c12-7-3-1-2-6-4-9(15-10(6)7)11-8(13)5-14-16-11/h1-5,15H,13H2. The van der Waals surface area contributed by atoms with Crippen molar-refractivity contribution in [1.29, 1.82) is 0 Å². The summed E-state index contributed by atoms with van der Waals surface area (Å²) in [7, 11) is 0. The Hall–Kier alpha value is -1.75. The highest BCUT2D eigenvalue weighted by Gasteiger charge is 2.11. The molecule has 0 fully saturated rings. The molecule has 3 rings (SSSR count). The Balaban J connectivity index is 2.27. The van der Waals surface area contributed by atoms with Crippen molar-refractivity contribution in [3.05, 3.63) is 34.9 Å². The molecule has 0 saturated carbocycles. The van der Waals surface area contributed by atoms with Crippen molar-refractivity contribution in [1.82, 2.24) is 10.1 Å². The summed E-state index contributed by atoms with van der Waals surface area (Å²) in [5.74, 6) is 0.572.